The fourth-order valence-electron chi connectivity index (χ4n) is 2.86. The molecule has 2 aromatic rings. The maximum atomic E-state index is 13.5. The van der Waals surface area contributed by atoms with Gasteiger partial charge in [0.25, 0.3) is 5.91 Å². The first-order valence-electron chi connectivity index (χ1n) is 8.04. The lowest BCUT2D eigenvalue weighted by Crippen LogP contribution is -2.16. The average molecular weight is 331 g/mol. The molecule has 0 bridgehead atoms. The van der Waals surface area contributed by atoms with Crippen LogP contribution in [0.4, 0.5) is 14.5 Å². The first kappa shape index (κ1) is 16.5. The number of hydrogen-bond donors (Lipinski definition) is 2. The number of aromatic nitrogens is 1. The number of aryl methyl sites for hydroxylation is 1. The van der Waals surface area contributed by atoms with Gasteiger partial charge in [-0.3, -0.25) is 4.79 Å². The smallest absolute Gasteiger partial charge is 0.277 e. The second-order valence-electron chi connectivity index (χ2n) is 6.03. The second kappa shape index (κ2) is 7.49. The van der Waals surface area contributed by atoms with Crippen molar-refractivity contribution in [2.75, 3.05) is 18.4 Å². The van der Waals surface area contributed by atoms with Crippen molar-refractivity contribution in [2.45, 2.75) is 19.3 Å². The van der Waals surface area contributed by atoms with Crippen LogP contribution in [0.2, 0.25) is 0 Å². The number of rotatable bonds is 5. The number of hydrogen-bond acceptors (Lipinski definition) is 3. The van der Waals surface area contributed by atoms with E-state index in [9.17, 15) is 13.6 Å². The zero-order valence-electron chi connectivity index (χ0n) is 13.2. The van der Waals surface area contributed by atoms with Crippen molar-refractivity contribution < 1.29 is 13.6 Å². The summed E-state index contributed by atoms with van der Waals surface area (Å²) in [6, 6.07) is 8.10. The maximum absolute atomic E-state index is 13.5. The molecule has 1 atom stereocenters. The van der Waals surface area contributed by atoms with E-state index in [2.05, 4.69) is 15.6 Å². The molecule has 1 aliphatic rings. The Kier molecular flexibility index (Phi) is 5.15. The molecule has 1 amide bonds. The van der Waals surface area contributed by atoms with Gasteiger partial charge >= 0.3 is 0 Å². The number of nitrogens with zero attached hydrogens (tertiary/aromatic N) is 1. The highest BCUT2D eigenvalue weighted by molar-refractivity contribution is 6.02. The molecule has 1 saturated heterocycles. The Hall–Kier alpha value is -2.34. The van der Waals surface area contributed by atoms with E-state index in [0.717, 1.165) is 38.0 Å². The van der Waals surface area contributed by atoms with E-state index in [1.54, 1.807) is 12.1 Å². The van der Waals surface area contributed by atoms with Crippen LogP contribution >= 0.6 is 0 Å². The molecule has 1 aromatic carbocycles. The van der Waals surface area contributed by atoms with Crippen LogP contribution in [0.3, 0.4) is 0 Å². The Morgan fingerprint density at radius 1 is 1.29 bits per heavy atom. The zero-order valence-corrected chi connectivity index (χ0v) is 13.2. The molecule has 1 fully saturated rings. The summed E-state index contributed by atoms with van der Waals surface area (Å²) in [6.45, 7) is 2.19. The second-order valence-corrected chi connectivity index (χ2v) is 6.03. The van der Waals surface area contributed by atoms with Crippen molar-refractivity contribution in [1.29, 1.82) is 0 Å². The van der Waals surface area contributed by atoms with E-state index < -0.39 is 23.2 Å². The quantitative estimate of drug-likeness (QED) is 0.885. The number of pyridine rings is 1. The molecule has 2 heterocycles. The molecule has 126 valence electrons. The molecule has 0 radical (unpaired) electrons. The van der Waals surface area contributed by atoms with E-state index in [0.29, 0.717) is 11.8 Å². The fraction of sp³-hybridized carbons (Fsp3) is 0.333. The average Bonchev–Trinajstić information content (AvgIpc) is 3.07. The highest BCUT2D eigenvalue weighted by Crippen LogP contribution is 2.18. The van der Waals surface area contributed by atoms with Crippen LogP contribution < -0.4 is 10.6 Å². The van der Waals surface area contributed by atoms with Gasteiger partial charge in [0.1, 0.15) is 5.82 Å². The molecular weight excluding hydrogens is 312 g/mol. The van der Waals surface area contributed by atoms with Gasteiger partial charge < -0.3 is 10.6 Å². The molecule has 0 saturated carbocycles. The maximum Gasteiger partial charge on any atom is 0.277 e. The molecule has 1 unspecified atom stereocenters. The largest absolute Gasteiger partial charge is 0.321 e. The molecule has 0 aliphatic carbocycles. The summed E-state index contributed by atoms with van der Waals surface area (Å²) < 4.78 is 26.4. The zero-order chi connectivity index (χ0) is 16.9. The molecule has 4 nitrogen and oxygen atoms in total. The van der Waals surface area contributed by atoms with E-state index in [1.807, 2.05) is 12.1 Å². The standard InChI is InChI=1S/C18H19F2N3O/c19-14-9-16(20)17(22-11-14)18(24)23-15-5-3-12(4-6-15)1-2-13-7-8-21-10-13/h3-6,9,11,13,21H,1-2,7-8,10H2,(H,23,24). The SMILES string of the molecule is O=C(Nc1ccc(CCC2CCNC2)cc1)c1ncc(F)cc1F. The minimum atomic E-state index is -0.978. The Balaban J connectivity index is 1.58. The lowest BCUT2D eigenvalue weighted by atomic mass is 9.99. The summed E-state index contributed by atoms with van der Waals surface area (Å²) in [5.74, 6) is -1.76. The van der Waals surface area contributed by atoms with E-state index in [1.165, 1.54) is 12.0 Å². The number of benzene rings is 1. The van der Waals surface area contributed by atoms with Crippen molar-refractivity contribution in [1.82, 2.24) is 10.3 Å². The fourth-order valence-corrected chi connectivity index (χ4v) is 2.86. The Morgan fingerprint density at radius 2 is 2.08 bits per heavy atom. The Labute approximate surface area is 139 Å². The van der Waals surface area contributed by atoms with Gasteiger partial charge in [-0.05, 0) is 56.0 Å². The van der Waals surface area contributed by atoms with Gasteiger partial charge in [0.05, 0.1) is 6.20 Å². The summed E-state index contributed by atoms with van der Waals surface area (Å²) >= 11 is 0. The first-order valence-corrected chi connectivity index (χ1v) is 8.04. The van der Waals surface area contributed by atoms with Crippen LogP contribution in [0.5, 0.6) is 0 Å². The third kappa shape index (κ3) is 4.14. The van der Waals surface area contributed by atoms with Crippen LogP contribution in [0.15, 0.2) is 36.5 Å². The predicted octanol–water partition coefficient (Wildman–Crippen LogP) is 3.15. The summed E-state index contributed by atoms with van der Waals surface area (Å²) in [7, 11) is 0. The van der Waals surface area contributed by atoms with Gasteiger partial charge in [0.15, 0.2) is 11.5 Å². The highest BCUT2D eigenvalue weighted by Gasteiger charge is 2.15. The molecule has 1 aliphatic heterocycles. The summed E-state index contributed by atoms with van der Waals surface area (Å²) in [6.07, 6.45) is 4.18. The minimum absolute atomic E-state index is 0.422. The number of carbonyl (C=O) groups excluding carboxylic acids is 1. The molecule has 1 aromatic heterocycles. The summed E-state index contributed by atoms with van der Waals surface area (Å²) in [5.41, 5.74) is 1.33. The molecule has 6 heteroatoms. The summed E-state index contributed by atoms with van der Waals surface area (Å²) in [4.78, 5) is 15.5. The van der Waals surface area contributed by atoms with Gasteiger partial charge in [-0.15, -0.1) is 0 Å². The lowest BCUT2D eigenvalue weighted by Gasteiger charge is -2.09. The molecule has 2 N–H and O–H groups in total. The monoisotopic (exact) mass is 331 g/mol. The lowest BCUT2D eigenvalue weighted by molar-refractivity contribution is 0.101. The minimum Gasteiger partial charge on any atom is -0.321 e. The number of carbonyl (C=O) groups is 1. The number of nitrogens with one attached hydrogen (secondary N) is 2. The number of amides is 1. The molecular formula is C18H19F2N3O. The van der Waals surface area contributed by atoms with Crippen molar-refractivity contribution in [3.05, 3.63) is 59.4 Å². The third-order valence-corrected chi connectivity index (χ3v) is 4.24. The van der Waals surface area contributed by atoms with E-state index in [4.69, 9.17) is 0 Å². The molecule has 0 spiro atoms. The molecule has 3 rings (SSSR count). The van der Waals surface area contributed by atoms with Crippen LogP contribution in [0.1, 0.15) is 28.9 Å². The van der Waals surface area contributed by atoms with Crippen molar-refractivity contribution in [3.8, 4) is 0 Å². The van der Waals surface area contributed by atoms with Crippen LogP contribution in [0.25, 0.3) is 0 Å². The number of halogens is 2. The van der Waals surface area contributed by atoms with Crippen LogP contribution in [-0.4, -0.2) is 24.0 Å². The third-order valence-electron chi connectivity index (χ3n) is 4.24. The summed E-state index contributed by atoms with van der Waals surface area (Å²) in [5, 5.41) is 5.92. The van der Waals surface area contributed by atoms with Crippen molar-refractivity contribution >= 4 is 11.6 Å². The predicted molar refractivity (Wildman–Crippen MR) is 87.8 cm³/mol. The van der Waals surface area contributed by atoms with Crippen LogP contribution in [-0.2, 0) is 6.42 Å². The first-order chi connectivity index (χ1) is 11.6. The normalized spacial score (nSPS) is 17.0. The van der Waals surface area contributed by atoms with E-state index >= 15 is 0 Å². The van der Waals surface area contributed by atoms with Crippen molar-refractivity contribution in [2.24, 2.45) is 5.92 Å². The molecule has 24 heavy (non-hydrogen) atoms. The number of anilines is 1. The van der Waals surface area contributed by atoms with Gasteiger partial charge in [-0.2, -0.15) is 0 Å². The van der Waals surface area contributed by atoms with Gasteiger partial charge in [-0.1, -0.05) is 12.1 Å². The van der Waals surface area contributed by atoms with Crippen molar-refractivity contribution in [3.63, 3.8) is 0 Å². The highest BCUT2D eigenvalue weighted by atomic mass is 19.1. The topological polar surface area (TPSA) is 54.0 Å². The Bertz CT molecular complexity index is 713. The van der Waals surface area contributed by atoms with E-state index in [-0.39, 0.29) is 0 Å². The van der Waals surface area contributed by atoms with Crippen LogP contribution in [0, 0.1) is 17.6 Å². The van der Waals surface area contributed by atoms with Gasteiger partial charge in [-0.25, -0.2) is 13.8 Å². The Morgan fingerprint density at radius 3 is 2.75 bits per heavy atom. The van der Waals surface area contributed by atoms with Gasteiger partial charge in [0.2, 0.25) is 0 Å². The van der Waals surface area contributed by atoms with Gasteiger partial charge in [0, 0.05) is 11.8 Å².